The van der Waals surface area contributed by atoms with Gasteiger partial charge < -0.3 is 20.5 Å². The van der Waals surface area contributed by atoms with E-state index in [-0.39, 0.29) is 0 Å². The Labute approximate surface area is 202 Å². The third kappa shape index (κ3) is 5.70. The van der Waals surface area contributed by atoms with Gasteiger partial charge in [-0.25, -0.2) is 19.9 Å². The number of halogens is 1. The summed E-state index contributed by atoms with van der Waals surface area (Å²) in [5, 5.41) is 5.32. The van der Waals surface area contributed by atoms with Crippen molar-refractivity contribution in [2.45, 2.75) is 13.0 Å². The zero-order valence-electron chi connectivity index (χ0n) is 18.8. The zero-order valence-corrected chi connectivity index (χ0v) is 19.6. The van der Waals surface area contributed by atoms with Crippen molar-refractivity contribution in [1.82, 2.24) is 19.9 Å². The topological polar surface area (TPSA) is 108 Å². The first kappa shape index (κ1) is 23.2. The number of pyridine rings is 4. The molecule has 4 heterocycles. The molecule has 4 aromatic rings. The van der Waals surface area contributed by atoms with Gasteiger partial charge in [0.1, 0.15) is 33.9 Å². The van der Waals surface area contributed by atoms with Crippen LogP contribution >= 0.6 is 11.6 Å². The van der Waals surface area contributed by atoms with Gasteiger partial charge in [0.15, 0.2) is 0 Å². The predicted molar refractivity (Wildman–Crippen MR) is 133 cm³/mol. The van der Waals surface area contributed by atoms with E-state index in [0.717, 1.165) is 22.0 Å². The molecule has 0 saturated heterocycles. The molecule has 0 spiro atoms. The van der Waals surface area contributed by atoms with Crippen molar-refractivity contribution in [1.29, 1.82) is 0 Å². The van der Waals surface area contributed by atoms with E-state index < -0.39 is 0 Å². The largest absolute Gasteiger partial charge is 0.495 e. The lowest BCUT2D eigenvalue weighted by atomic mass is 10.1. The first-order chi connectivity index (χ1) is 16.6. The molecule has 4 aromatic heterocycles. The van der Waals surface area contributed by atoms with Crippen molar-refractivity contribution in [2.75, 3.05) is 31.8 Å². The predicted octanol–water partition coefficient (Wildman–Crippen LogP) is 3.86. The van der Waals surface area contributed by atoms with Gasteiger partial charge in [0.2, 0.25) is 0 Å². The second-order valence-corrected chi connectivity index (χ2v) is 7.71. The number of methoxy groups -OCH3 is 1. The number of nitrogens with one attached hydrogen (secondary N) is 1. The summed E-state index contributed by atoms with van der Waals surface area (Å²) in [5.41, 5.74) is 8.70. The molecule has 0 radical (unpaired) electrons. The summed E-state index contributed by atoms with van der Waals surface area (Å²) < 4.78 is 11.2. The molecule has 0 atom stereocenters. The van der Waals surface area contributed by atoms with Crippen LogP contribution in [0.1, 0.15) is 22.6 Å². The smallest absolute Gasteiger partial charge is 0.137 e. The number of nitrogens with two attached hydrogens (primary N) is 1. The third-order valence-electron chi connectivity index (χ3n) is 4.99. The first-order valence-electron chi connectivity index (χ1n) is 10.5. The molecule has 0 saturated carbocycles. The number of rotatable bonds is 7. The Kier molecular flexibility index (Phi) is 7.38. The van der Waals surface area contributed by atoms with Gasteiger partial charge in [-0.3, -0.25) is 0 Å². The second-order valence-electron chi connectivity index (χ2n) is 7.32. The fraction of sp³-hybridized carbons (Fsp3) is 0.200. The van der Waals surface area contributed by atoms with Gasteiger partial charge >= 0.3 is 0 Å². The summed E-state index contributed by atoms with van der Waals surface area (Å²) in [6, 6.07) is 11.1. The van der Waals surface area contributed by atoms with Crippen molar-refractivity contribution in [2.24, 2.45) is 0 Å². The van der Waals surface area contributed by atoms with Crippen molar-refractivity contribution < 1.29 is 9.47 Å². The quantitative estimate of drug-likeness (QED) is 0.236. The second kappa shape index (κ2) is 10.8. The molecule has 0 aliphatic rings. The van der Waals surface area contributed by atoms with E-state index in [1.165, 1.54) is 0 Å². The van der Waals surface area contributed by atoms with Gasteiger partial charge in [0, 0.05) is 36.3 Å². The van der Waals surface area contributed by atoms with Crippen molar-refractivity contribution in [3.05, 3.63) is 76.6 Å². The summed E-state index contributed by atoms with van der Waals surface area (Å²) in [4.78, 5) is 17.4. The molecule has 0 bridgehead atoms. The average molecular weight is 475 g/mol. The highest BCUT2D eigenvalue weighted by Crippen LogP contribution is 2.23. The molecular formula is C25H23ClN6O2. The Morgan fingerprint density at radius 3 is 2.76 bits per heavy atom. The van der Waals surface area contributed by atoms with E-state index in [1.54, 1.807) is 38.7 Å². The molecule has 34 heavy (non-hydrogen) atoms. The molecule has 172 valence electrons. The van der Waals surface area contributed by atoms with E-state index in [0.29, 0.717) is 53.6 Å². The molecule has 0 fully saturated rings. The van der Waals surface area contributed by atoms with E-state index in [9.17, 15) is 0 Å². The van der Waals surface area contributed by atoms with Gasteiger partial charge in [-0.2, -0.15) is 0 Å². The highest BCUT2D eigenvalue weighted by atomic mass is 35.5. The highest BCUT2D eigenvalue weighted by molar-refractivity contribution is 6.29. The van der Waals surface area contributed by atoms with E-state index in [4.69, 9.17) is 26.8 Å². The zero-order chi connectivity index (χ0) is 23.9. The molecule has 3 N–H and O–H groups in total. The van der Waals surface area contributed by atoms with Gasteiger partial charge in [0.25, 0.3) is 0 Å². The Bertz CT molecular complexity index is 1380. The average Bonchev–Trinajstić information content (AvgIpc) is 2.85. The summed E-state index contributed by atoms with van der Waals surface area (Å²) in [6.07, 6.45) is 3.97. The van der Waals surface area contributed by atoms with Gasteiger partial charge in [0.05, 0.1) is 26.5 Å². The van der Waals surface area contributed by atoms with Crippen molar-refractivity contribution >= 4 is 34.0 Å². The molecule has 0 aliphatic carbocycles. The molecule has 0 aromatic carbocycles. The monoisotopic (exact) mass is 474 g/mol. The van der Waals surface area contributed by atoms with Crippen LogP contribution in [0.15, 0.2) is 48.8 Å². The third-order valence-corrected chi connectivity index (χ3v) is 5.20. The maximum Gasteiger partial charge on any atom is 0.137 e. The van der Waals surface area contributed by atoms with Gasteiger partial charge in [-0.1, -0.05) is 17.7 Å². The SMILES string of the molecule is CNc1nc(C#Cc2ncc(OC)cc2COCCc2cccc(Cl)n2)cc2cc(N)ncc12. The fourth-order valence-electron chi connectivity index (χ4n) is 3.31. The number of aromatic nitrogens is 4. The summed E-state index contributed by atoms with van der Waals surface area (Å²) in [7, 11) is 3.39. The first-order valence-corrected chi connectivity index (χ1v) is 10.9. The van der Waals surface area contributed by atoms with Crippen LogP contribution < -0.4 is 15.8 Å². The Morgan fingerprint density at radius 2 is 1.97 bits per heavy atom. The molecule has 9 heteroatoms. The minimum Gasteiger partial charge on any atom is -0.495 e. The van der Waals surface area contributed by atoms with Crippen LogP contribution in [0, 0.1) is 11.8 Å². The molecule has 4 rings (SSSR count). The lowest BCUT2D eigenvalue weighted by Crippen LogP contribution is -2.03. The number of nitrogens with zero attached hydrogens (tertiary/aromatic N) is 4. The molecular weight excluding hydrogens is 452 g/mol. The minimum absolute atomic E-state index is 0.323. The van der Waals surface area contributed by atoms with Crippen LogP contribution in [-0.4, -0.2) is 40.7 Å². The van der Waals surface area contributed by atoms with Crippen molar-refractivity contribution in [3.8, 4) is 17.6 Å². The molecule has 8 nitrogen and oxygen atoms in total. The van der Waals surface area contributed by atoms with Crippen LogP contribution in [0.5, 0.6) is 5.75 Å². The van der Waals surface area contributed by atoms with Crippen molar-refractivity contribution in [3.63, 3.8) is 0 Å². The summed E-state index contributed by atoms with van der Waals surface area (Å²) >= 11 is 5.94. The maximum atomic E-state index is 5.94. The van der Waals surface area contributed by atoms with E-state index in [2.05, 4.69) is 37.1 Å². The van der Waals surface area contributed by atoms with Crippen LogP contribution in [-0.2, 0) is 17.8 Å². The number of anilines is 2. The number of hydrogen-bond donors (Lipinski definition) is 2. The molecule has 0 aliphatic heterocycles. The minimum atomic E-state index is 0.323. The molecule has 0 unspecified atom stereocenters. The van der Waals surface area contributed by atoms with Crippen LogP contribution in [0.2, 0.25) is 5.15 Å². The Balaban J connectivity index is 1.54. The summed E-state index contributed by atoms with van der Waals surface area (Å²) in [5.74, 6) is 7.96. The lowest BCUT2D eigenvalue weighted by molar-refractivity contribution is 0.122. The van der Waals surface area contributed by atoms with Gasteiger partial charge in [-0.05, 0) is 47.6 Å². The number of ether oxygens (including phenoxy) is 2. The Hall–Kier alpha value is -3.93. The van der Waals surface area contributed by atoms with Gasteiger partial charge in [-0.15, -0.1) is 0 Å². The van der Waals surface area contributed by atoms with Crippen LogP contribution in [0.25, 0.3) is 10.8 Å². The normalized spacial score (nSPS) is 10.6. The van der Waals surface area contributed by atoms with Crippen LogP contribution in [0.4, 0.5) is 11.6 Å². The standard InChI is InChI=1S/C25H23ClN6O2/c1-28-25-21-14-30-24(27)12-16(21)10-19(32-25)6-7-22-17(11-20(33-2)13-29-22)15-34-9-8-18-4-3-5-23(26)31-18/h3-5,10-14H,8-9,15H2,1-2H3,(H2,27,30)(H,28,32). The number of nitrogen functional groups attached to an aromatic ring is 1. The number of hydrogen-bond acceptors (Lipinski definition) is 8. The van der Waals surface area contributed by atoms with Crippen LogP contribution in [0.3, 0.4) is 0 Å². The number of fused-ring (bicyclic) bond motifs is 1. The lowest BCUT2D eigenvalue weighted by Gasteiger charge is -2.08. The maximum absolute atomic E-state index is 5.94. The van der Waals surface area contributed by atoms with E-state index in [1.807, 2.05) is 24.3 Å². The fourth-order valence-corrected chi connectivity index (χ4v) is 3.50. The Morgan fingerprint density at radius 1 is 1.09 bits per heavy atom. The molecule has 0 amide bonds. The summed E-state index contributed by atoms with van der Waals surface area (Å²) in [6.45, 7) is 0.800. The highest BCUT2D eigenvalue weighted by Gasteiger charge is 2.08. The van der Waals surface area contributed by atoms with E-state index >= 15 is 0 Å².